The van der Waals surface area contributed by atoms with Crippen molar-refractivity contribution in [1.82, 2.24) is 19.9 Å². The van der Waals surface area contributed by atoms with Crippen LogP contribution in [0.5, 0.6) is 0 Å². The molecule has 0 saturated carbocycles. The van der Waals surface area contributed by atoms with E-state index >= 15 is 4.39 Å². The standard InChI is InChI=1S/C22H31BBrClFN5O4S/c1-6-36-20-27-16-14(17(24)28-18(25)15(16)26)19(29-20)31(10-7-9-23(33)34)13-8-11-30(12(13)2)21(32)35-22(3,4)5/h12-13,33-34H,6-11H2,1-5H3/t12-,13-/m1/s1. The van der Waals surface area contributed by atoms with Gasteiger partial charge in [-0.3, -0.25) is 0 Å². The molecule has 1 saturated heterocycles. The van der Waals surface area contributed by atoms with Crippen LogP contribution in [0.2, 0.25) is 11.5 Å². The van der Waals surface area contributed by atoms with Crippen LogP contribution in [0.1, 0.15) is 47.5 Å². The zero-order chi connectivity index (χ0) is 26.8. The average Bonchev–Trinajstić information content (AvgIpc) is 3.14. The number of amides is 1. The van der Waals surface area contributed by atoms with Crippen molar-refractivity contribution in [1.29, 1.82) is 0 Å². The van der Waals surface area contributed by atoms with Crippen LogP contribution in [0.15, 0.2) is 9.76 Å². The number of thioether (sulfide) groups is 1. The predicted octanol–water partition coefficient (Wildman–Crippen LogP) is 4.76. The maximum Gasteiger partial charge on any atom is 0.451 e. The van der Waals surface area contributed by atoms with Gasteiger partial charge in [0.1, 0.15) is 21.5 Å². The second-order valence-electron chi connectivity index (χ2n) is 9.58. The van der Waals surface area contributed by atoms with Crippen molar-refractivity contribution >= 4 is 69.2 Å². The van der Waals surface area contributed by atoms with Crippen molar-refractivity contribution < 1.29 is 24.0 Å². The molecule has 0 bridgehead atoms. The molecule has 1 amide bonds. The zero-order valence-electron chi connectivity index (χ0n) is 21.0. The lowest BCUT2D eigenvalue weighted by Gasteiger charge is -2.35. The normalized spacial score (nSPS) is 18.1. The van der Waals surface area contributed by atoms with Crippen LogP contribution in [0.4, 0.5) is 15.0 Å². The Morgan fingerprint density at radius 1 is 1.36 bits per heavy atom. The molecule has 2 aromatic heterocycles. The number of hydrogen-bond acceptors (Lipinski definition) is 9. The van der Waals surface area contributed by atoms with Crippen LogP contribution in [0.3, 0.4) is 0 Å². The minimum atomic E-state index is -1.45. The van der Waals surface area contributed by atoms with Crippen molar-refractivity contribution in [2.75, 3.05) is 23.7 Å². The van der Waals surface area contributed by atoms with E-state index in [0.717, 1.165) is 0 Å². The Balaban J connectivity index is 2.10. The fourth-order valence-corrected chi connectivity index (χ4v) is 5.64. The van der Waals surface area contributed by atoms with E-state index in [0.29, 0.717) is 52.6 Å². The molecule has 9 nitrogen and oxygen atoms in total. The van der Waals surface area contributed by atoms with Crippen molar-refractivity contribution in [3.05, 3.63) is 15.6 Å². The predicted molar refractivity (Wildman–Crippen MR) is 144 cm³/mol. The molecule has 0 spiro atoms. The Hall–Kier alpha value is -1.41. The van der Waals surface area contributed by atoms with Crippen LogP contribution in [0, 0.1) is 5.82 Å². The monoisotopic (exact) mass is 605 g/mol. The molecule has 198 valence electrons. The number of hydrogen-bond donors (Lipinski definition) is 2. The van der Waals surface area contributed by atoms with Crippen molar-refractivity contribution in [2.24, 2.45) is 0 Å². The topological polar surface area (TPSA) is 112 Å². The van der Waals surface area contributed by atoms with E-state index in [-0.39, 0.29) is 29.1 Å². The van der Waals surface area contributed by atoms with E-state index in [1.807, 2.05) is 39.5 Å². The van der Waals surface area contributed by atoms with Gasteiger partial charge in [0.05, 0.1) is 17.5 Å². The number of pyridine rings is 1. The number of likely N-dealkylation sites (tertiary alicyclic amines) is 1. The first-order chi connectivity index (χ1) is 16.8. The first-order valence-electron chi connectivity index (χ1n) is 11.8. The summed E-state index contributed by atoms with van der Waals surface area (Å²) in [4.78, 5) is 29.8. The Labute approximate surface area is 228 Å². The highest BCUT2D eigenvalue weighted by molar-refractivity contribution is 9.10. The van der Waals surface area contributed by atoms with E-state index in [2.05, 4.69) is 25.9 Å². The summed E-state index contributed by atoms with van der Waals surface area (Å²) in [7, 11) is -1.45. The van der Waals surface area contributed by atoms with E-state index in [4.69, 9.17) is 21.3 Å². The maximum absolute atomic E-state index is 15.1. The van der Waals surface area contributed by atoms with Crippen LogP contribution in [0.25, 0.3) is 10.9 Å². The number of fused-ring (bicyclic) bond motifs is 1. The van der Waals surface area contributed by atoms with Gasteiger partial charge >= 0.3 is 13.2 Å². The van der Waals surface area contributed by atoms with Gasteiger partial charge in [0.25, 0.3) is 0 Å². The molecule has 1 aliphatic heterocycles. The molecule has 36 heavy (non-hydrogen) atoms. The number of halogens is 3. The van der Waals surface area contributed by atoms with Gasteiger partial charge in [-0.2, -0.15) is 0 Å². The first-order valence-corrected chi connectivity index (χ1v) is 14.0. The van der Waals surface area contributed by atoms with Gasteiger partial charge in [-0.15, -0.1) is 0 Å². The summed E-state index contributed by atoms with van der Waals surface area (Å²) in [6.45, 7) is 10.2. The summed E-state index contributed by atoms with van der Waals surface area (Å²) in [6, 6.07) is -0.452. The molecule has 0 radical (unpaired) electrons. The molecular formula is C22H31BBrClFN5O4S. The highest BCUT2D eigenvalue weighted by Crippen LogP contribution is 2.38. The summed E-state index contributed by atoms with van der Waals surface area (Å²) in [5.74, 6) is 0.383. The average molecular weight is 607 g/mol. The number of anilines is 1. The minimum Gasteiger partial charge on any atom is -0.444 e. The molecule has 3 heterocycles. The third kappa shape index (κ3) is 6.72. The fourth-order valence-electron chi connectivity index (χ4n) is 4.26. The largest absolute Gasteiger partial charge is 0.451 e. The smallest absolute Gasteiger partial charge is 0.444 e. The van der Waals surface area contributed by atoms with E-state index < -0.39 is 24.6 Å². The van der Waals surface area contributed by atoms with Gasteiger partial charge in [0.15, 0.2) is 16.1 Å². The summed E-state index contributed by atoms with van der Waals surface area (Å²) >= 11 is 10.8. The number of carbonyl (C=O) groups is 1. The van der Waals surface area contributed by atoms with Crippen molar-refractivity contribution in [3.63, 3.8) is 0 Å². The second kappa shape index (κ2) is 12.0. The van der Waals surface area contributed by atoms with Crippen LogP contribution in [-0.2, 0) is 4.74 Å². The van der Waals surface area contributed by atoms with Gasteiger partial charge in [0, 0.05) is 13.1 Å². The lowest BCUT2D eigenvalue weighted by molar-refractivity contribution is 0.0233. The molecule has 2 N–H and O–H groups in total. The van der Waals surface area contributed by atoms with Crippen LogP contribution in [-0.4, -0.2) is 79.6 Å². The molecule has 1 aliphatic rings. The number of aromatic nitrogens is 3. The van der Waals surface area contributed by atoms with Crippen molar-refractivity contribution in [3.8, 4) is 0 Å². The van der Waals surface area contributed by atoms with Gasteiger partial charge in [-0.1, -0.05) is 30.3 Å². The molecule has 0 aromatic carbocycles. The second-order valence-corrected chi connectivity index (χ2v) is 11.9. The quantitative estimate of drug-likeness (QED) is 0.190. The third-order valence-electron chi connectivity index (χ3n) is 5.81. The Morgan fingerprint density at radius 3 is 2.67 bits per heavy atom. The number of ether oxygens (including phenoxy) is 1. The lowest BCUT2D eigenvalue weighted by atomic mass is 9.84. The van der Waals surface area contributed by atoms with E-state index in [1.165, 1.54) is 11.8 Å². The Kier molecular flexibility index (Phi) is 9.70. The lowest BCUT2D eigenvalue weighted by Crippen LogP contribution is -2.47. The maximum atomic E-state index is 15.1. The molecule has 2 aromatic rings. The fraction of sp³-hybridized carbons (Fsp3) is 0.636. The molecule has 0 unspecified atom stereocenters. The highest BCUT2D eigenvalue weighted by atomic mass is 79.9. The summed E-state index contributed by atoms with van der Waals surface area (Å²) in [6.07, 6.45) is 0.784. The number of carbonyl (C=O) groups excluding carboxylic acids is 1. The SMILES string of the molecule is CCSc1nc(N(CCCB(O)O)[C@@H]2CCN(C(=O)OC(C)(C)C)[C@@H]2C)c2c(Br)nc(Cl)c(F)c2n1. The zero-order valence-corrected chi connectivity index (χ0v) is 24.1. The van der Waals surface area contributed by atoms with Crippen LogP contribution < -0.4 is 4.90 Å². The van der Waals surface area contributed by atoms with Gasteiger partial charge in [-0.05, 0) is 68.5 Å². The molecule has 0 aliphatic carbocycles. The van der Waals surface area contributed by atoms with Gasteiger partial charge in [0.2, 0.25) is 0 Å². The summed E-state index contributed by atoms with van der Waals surface area (Å²) in [5.41, 5.74) is -0.585. The molecular weight excluding hydrogens is 576 g/mol. The molecule has 3 rings (SSSR count). The van der Waals surface area contributed by atoms with Crippen LogP contribution >= 0.6 is 39.3 Å². The molecule has 1 fully saturated rings. The van der Waals surface area contributed by atoms with Crippen molar-refractivity contribution in [2.45, 2.75) is 76.6 Å². The third-order valence-corrected chi connectivity index (χ3v) is 7.36. The number of rotatable bonds is 8. The Bertz CT molecular complexity index is 1110. The Morgan fingerprint density at radius 2 is 2.06 bits per heavy atom. The van der Waals surface area contributed by atoms with E-state index in [1.54, 1.807) is 4.90 Å². The highest BCUT2D eigenvalue weighted by Gasteiger charge is 2.40. The van der Waals surface area contributed by atoms with Gasteiger partial charge in [-0.25, -0.2) is 24.1 Å². The first kappa shape index (κ1) is 29.2. The molecule has 2 atom stereocenters. The van der Waals surface area contributed by atoms with Gasteiger partial charge < -0.3 is 24.6 Å². The number of nitrogens with zero attached hydrogens (tertiary/aromatic N) is 5. The molecule has 14 heteroatoms. The summed E-state index contributed by atoms with van der Waals surface area (Å²) < 4.78 is 21.0. The minimum absolute atomic E-state index is 0.0460. The van der Waals surface area contributed by atoms with E-state index in [9.17, 15) is 14.8 Å². The summed E-state index contributed by atoms with van der Waals surface area (Å²) in [5, 5.41) is 19.3.